The minimum absolute atomic E-state index is 0. The first-order chi connectivity index (χ1) is 27.7. The van der Waals surface area contributed by atoms with Gasteiger partial charge in [0.25, 0.3) is 23.6 Å². The van der Waals surface area contributed by atoms with Crippen LogP contribution in [0.3, 0.4) is 0 Å². The molecular formula is C32H30CaN8O16S2. The summed E-state index contributed by atoms with van der Waals surface area (Å²) in [6.45, 7) is -0.773. The molecule has 0 aliphatic carbocycles. The Kier molecular flexibility index (Phi) is 15.8. The van der Waals surface area contributed by atoms with Crippen molar-refractivity contribution in [1.82, 2.24) is 20.4 Å². The van der Waals surface area contributed by atoms with Gasteiger partial charge in [-0.15, -0.1) is 23.5 Å². The molecule has 6 amide bonds. The fourth-order valence-electron chi connectivity index (χ4n) is 5.71. The van der Waals surface area contributed by atoms with Crippen molar-refractivity contribution in [2.45, 2.75) is 22.8 Å². The smallest absolute Gasteiger partial charge is 0.543 e. The number of furan rings is 2. The van der Waals surface area contributed by atoms with Gasteiger partial charge in [0.2, 0.25) is 11.4 Å². The van der Waals surface area contributed by atoms with Gasteiger partial charge in [-0.2, -0.15) is 0 Å². The first-order valence-electron chi connectivity index (χ1n) is 16.2. The zero-order valence-corrected chi connectivity index (χ0v) is 34.4. The molecule has 6 N–H and O–H groups in total. The molecule has 0 bridgehead atoms. The molecule has 2 aromatic rings. The predicted molar refractivity (Wildman–Crippen MR) is 195 cm³/mol. The van der Waals surface area contributed by atoms with Gasteiger partial charge in [0, 0.05) is 22.7 Å². The van der Waals surface area contributed by atoms with Crippen LogP contribution in [0.4, 0.5) is 9.59 Å². The standard InChI is InChI=1S/2C16H16N4O8S.Ca/c2*1-26-19-9(8-3-2-4-27-8)12(21)18-10-13(22)20-11(15(23)24)7(5-28-16(17)25)6-29-14(10)20;/h2*2-4,10,14H,5-6H2,1H3,(H2,17,25)(H,18,21)(H,23,24);/q;;+2/p-2/b2*19-9-;/t2*10-,14+;/m11./s1. The molecule has 4 aliphatic heterocycles. The van der Waals surface area contributed by atoms with Crippen LogP contribution in [-0.2, 0) is 47.9 Å². The summed E-state index contributed by atoms with van der Waals surface area (Å²) in [6, 6.07) is 4.07. The predicted octanol–water partition coefficient (Wildman–Crippen LogP) is -4.12. The maximum absolute atomic E-state index is 12.5. The molecule has 0 unspecified atom stereocenters. The van der Waals surface area contributed by atoms with Crippen molar-refractivity contribution in [3.8, 4) is 0 Å². The molecule has 6 rings (SSSR count). The molecule has 0 saturated carbocycles. The van der Waals surface area contributed by atoms with E-state index >= 15 is 0 Å². The summed E-state index contributed by atoms with van der Waals surface area (Å²) in [4.78, 5) is 106. The number of carboxylic acids is 2. The van der Waals surface area contributed by atoms with Gasteiger partial charge in [-0.3, -0.25) is 29.0 Å². The number of fused-ring (bicyclic) bond motifs is 2. The zero-order chi connectivity index (χ0) is 42.3. The van der Waals surface area contributed by atoms with Crippen LogP contribution in [0.1, 0.15) is 11.5 Å². The third-order valence-corrected chi connectivity index (χ3v) is 10.8. The van der Waals surface area contributed by atoms with E-state index in [9.17, 15) is 48.6 Å². The van der Waals surface area contributed by atoms with Crippen LogP contribution in [0.2, 0.25) is 0 Å². The topological polar surface area (TPSA) is 353 Å². The molecule has 2 fully saturated rings. The Hall–Kier alpha value is -5.70. The molecule has 0 radical (unpaired) electrons. The summed E-state index contributed by atoms with van der Waals surface area (Å²) in [6.07, 6.45) is 0.525. The van der Waals surface area contributed by atoms with Gasteiger partial charge in [0.05, 0.1) is 35.9 Å². The summed E-state index contributed by atoms with van der Waals surface area (Å²) in [5.74, 6) is -5.48. The number of hydrogen-bond donors (Lipinski definition) is 4. The summed E-state index contributed by atoms with van der Waals surface area (Å²) in [5.41, 5.74) is 8.95. The van der Waals surface area contributed by atoms with Crippen LogP contribution in [-0.4, -0.2) is 168 Å². The molecule has 59 heavy (non-hydrogen) atoms. The van der Waals surface area contributed by atoms with Crippen LogP contribution in [0, 0.1) is 0 Å². The Bertz CT molecular complexity index is 1980. The van der Waals surface area contributed by atoms with Gasteiger partial charge in [-0.25, -0.2) is 9.59 Å². The van der Waals surface area contributed by atoms with E-state index in [4.69, 9.17) is 20.3 Å². The molecule has 4 atom stereocenters. The Balaban J connectivity index is 0.000000256. The van der Waals surface area contributed by atoms with Crippen molar-refractivity contribution in [2.24, 2.45) is 21.8 Å². The van der Waals surface area contributed by atoms with Crippen molar-refractivity contribution in [3.63, 3.8) is 0 Å². The number of thioether (sulfide) groups is 2. The summed E-state index contributed by atoms with van der Waals surface area (Å²) < 4.78 is 19.5. The molecule has 4 aliphatic rings. The Morgan fingerprint density at radius 2 is 1.12 bits per heavy atom. The number of oxime groups is 2. The fraction of sp³-hybridized carbons (Fsp3) is 0.312. The van der Waals surface area contributed by atoms with Crippen molar-refractivity contribution >= 4 is 120 Å². The molecule has 2 aromatic heterocycles. The number of carbonyl (C=O) groups excluding carboxylic acids is 8. The summed E-state index contributed by atoms with van der Waals surface area (Å²) in [5, 5.41) is 33.9. The Morgan fingerprint density at radius 3 is 1.41 bits per heavy atom. The second-order valence-corrected chi connectivity index (χ2v) is 13.8. The van der Waals surface area contributed by atoms with E-state index in [1.165, 1.54) is 62.4 Å². The fourth-order valence-corrected chi connectivity index (χ4v) is 8.36. The number of carboxylic acid groups (broad SMARTS) is 2. The van der Waals surface area contributed by atoms with Crippen molar-refractivity contribution < 1.29 is 76.6 Å². The van der Waals surface area contributed by atoms with Crippen LogP contribution < -0.4 is 32.3 Å². The molecule has 6 heterocycles. The van der Waals surface area contributed by atoms with Crippen molar-refractivity contribution in [2.75, 3.05) is 38.9 Å². The number of nitrogens with two attached hydrogens (primary N) is 2. The van der Waals surface area contributed by atoms with Gasteiger partial charge in [-0.1, -0.05) is 10.3 Å². The number of nitrogens with zero attached hydrogens (tertiary/aromatic N) is 4. The second kappa shape index (κ2) is 20.3. The number of hydrogen-bond acceptors (Lipinski definition) is 20. The van der Waals surface area contributed by atoms with Crippen molar-refractivity contribution in [1.29, 1.82) is 0 Å². The molecule has 24 nitrogen and oxygen atoms in total. The maximum Gasteiger partial charge on any atom is 2.00 e. The molecule has 2 saturated heterocycles. The number of primary amides is 2. The number of carbonyl (C=O) groups is 8. The monoisotopic (exact) mass is 886 g/mol. The first-order valence-corrected chi connectivity index (χ1v) is 18.3. The normalized spacial score (nSPS) is 20.8. The Morgan fingerprint density at radius 1 is 0.746 bits per heavy atom. The first kappa shape index (κ1) is 46.0. The average molecular weight is 887 g/mol. The minimum atomic E-state index is -1.60. The molecule has 308 valence electrons. The van der Waals surface area contributed by atoms with E-state index in [0.29, 0.717) is 0 Å². The summed E-state index contributed by atoms with van der Waals surface area (Å²) in [7, 11) is 2.49. The van der Waals surface area contributed by atoms with E-state index in [1.807, 2.05) is 0 Å². The number of rotatable bonds is 14. The van der Waals surface area contributed by atoms with Gasteiger partial charge in [-0.05, 0) is 24.3 Å². The van der Waals surface area contributed by atoms with Crippen LogP contribution in [0.15, 0.2) is 78.5 Å². The van der Waals surface area contributed by atoms with E-state index in [1.54, 1.807) is 12.1 Å². The van der Waals surface area contributed by atoms with Crippen LogP contribution >= 0.6 is 23.5 Å². The third-order valence-electron chi connectivity index (χ3n) is 8.14. The van der Waals surface area contributed by atoms with Gasteiger partial charge < -0.3 is 69.9 Å². The maximum atomic E-state index is 12.5. The van der Waals surface area contributed by atoms with E-state index in [0.717, 1.165) is 9.80 Å². The van der Waals surface area contributed by atoms with Gasteiger partial charge in [0.1, 0.15) is 50.3 Å². The number of aliphatic carboxylic acids is 2. The summed E-state index contributed by atoms with van der Waals surface area (Å²) >= 11 is 2.37. The quantitative estimate of drug-likeness (QED) is 0.0606. The van der Waals surface area contributed by atoms with Crippen LogP contribution in [0.25, 0.3) is 0 Å². The molecule has 0 aromatic carbocycles. The van der Waals surface area contributed by atoms with E-state index in [2.05, 4.69) is 40.1 Å². The number of amides is 6. The van der Waals surface area contributed by atoms with E-state index < -0.39 is 82.0 Å². The average Bonchev–Trinajstić information content (AvgIpc) is 3.93. The number of ether oxygens (including phenoxy) is 2. The third kappa shape index (κ3) is 10.1. The molecular weight excluding hydrogens is 857 g/mol. The Labute approximate surface area is 369 Å². The number of β-lactam (4-membered cyclic amide) rings is 2. The molecule has 27 heteroatoms. The largest absolute Gasteiger partial charge is 2.00 e. The minimum Gasteiger partial charge on any atom is -0.543 e. The van der Waals surface area contributed by atoms with Crippen LogP contribution in [0.5, 0.6) is 0 Å². The van der Waals surface area contributed by atoms with Gasteiger partial charge >= 0.3 is 49.9 Å². The van der Waals surface area contributed by atoms with Crippen molar-refractivity contribution in [3.05, 3.63) is 70.9 Å². The number of nitrogens with one attached hydrogen (secondary N) is 2. The van der Waals surface area contributed by atoms with E-state index in [-0.39, 0.29) is 96.5 Å². The molecule has 0 spiro atoms. The zero-order valence-electron chi connectivity index (χ0n) is 30.6. The second-order valence-electron chi connectivity index (χ2n) is 11.6. The van der Waals surface area contributed by atoms with Gasteiger partial charge in [0.15, 0.2) is 11.5 Å². The SMILES string of the molecule is CO/N=C(\C(=O)N[C@@H]1C(=O)N2C(C(=O)[O-])=C(COC(N)=O)CS[C@@H]12)c1ccco1.CO/N=C(\C(=O)N[C@@H]1C(=O)N2C(C(=O)[O-])=C(COC(N)=O)CS[C@@H]12)c1ccco1.[Ca+2].